The van der Waals surface area contributed by atoms with Gasteiger partial charge in [0.25, 0.3) is 5.78 Å². The average molecular weight is 496 g/mol. The monoisotopic (exact) mass is 495 g/mol. The second-order valence-electron chi connectivity index (χ2n) is 9.32. The summed E-state index contributed by atoms with van der Waals surface area (Å²) >= 11 is 0. The maximum absolute atomic E-state index is 14.2. The SMILES string of the molecule is Nc1nc(N2CCCC(CN3CCN(c4c(F)cccc4F)CC3)C2)nc2nc(-c3ccco3)nn12. The Morgan fingerprint density at radius 2 is 1.75 bits per heavy atom. The summed E-state index contributed by atoms with van der Waals surface area (Å²) < 4.78 is 35.1. The van der Waals surface area contributed by atoms with E-state index in [2.05, 4.69) is 29.9 Å². The van der Waals surface area contributed by atoms with E-state index in [1.807, 2.05) is 0 Å². The normalized spacial score (nSPS) is 19.3. The van der Waals surface area contributed by atoms with Gasteiger partial charge in [0, 0.05) is 45.8 Å². The van der Waals surface area contributed by atoms with Gasteiger partial charge in [-0.15, -0.1) is 5.10 Å². The number of rotatable bonds is 5. The molecule has 0 aliphatic carbocycles. The molecule has 0 saturated carbocycles. The third-order valence-electron chi connectivity index (χ3n) is 6.91. The van der Waals surface area contributed by atoms with E-state index < -0.39 is 11.6 Å². The lowest BCUT2D eigenvalue weighted by molar-refractivity contribution is 0.204. The number of piperidine rings is 1. The highest BCUT2D eigenvalue weighted by molar-refractivity contribution is 5.53. The van der Waals surface area contributed by atoms with Gasteiger partial charge in [0.1, 0.15) is 17.3 Å². The Morgan fingerprint density at radius 1 is 0.944 bits per heavy atom. The van der Waals surface area contributed by atoms with Gasteiger partial charge >= 0.3 is 0 Å². The van der Waals surface area contributed by atoms with Gasteiger partial charge in [-0.3, -0.25) is 4.90 Å². The second-order valence-corrected chi connectivity index (χ2v) is 9.32. The van der Waals surface area contributed by atoms with Crippen molar-refractivity contribution >= 4 is 23.4 Å². The molecule has 12 heteroatoms. The van der Waals surface area contributed by atoms with Crippen LogP contribution in [0.1, 0.15) is 12.8 Å². The number of halogens is 2. The lowest BCUT2D eigenvalue weighted by Crippen LogP contribution is -2.50. The number of nitrogens with zero attached hydrogens (tertiary/aromatic N) is 8. The molecule has 0 bridgehead atoms. The fourth-order valence-electron chi connectivity index (χ4n) is 5.15. The van der Waals surface area contributed by atoms with Crippen LogP contribution in [0, 0.1) is 17.6 Å². The quantitative estimate of drug-likeness (QED) is 0.447. The van der Waals surface area contributed by atoms with Gasteiger partial charge in [0.05, 0.1) is 6.26 Å². The fourth-order valence-corrected chi connectivity index (χ4v) is 5.15. The minimum atomic E-state index is -0.508. The zero-order valence-corrected chi connectivity index (χ0v) is 19.7. The van der Waals surface area contributed by atoms with Crippen molar-refractivity contribution in [2.45, 2.75) is 12.8 Å². The van der Waals surface area contributed by atoms with Crippen LogP contribution >= 0.6 is 0 Å². The Labute approximate surface area is 206 Å². The summed E-state index contributed by atoms with van der Waals surface area (Å²) in [4.78, 5) is 19.9. The summed E-state index contributed by atoms with van der Waals surface area (Å²) in [5, 5.41) is 4.36. The lowest BCUT2D eigenvalue weighted by Gasteiger charge is -2.40. The van der Waals surface area contributed by atoms with Crippen molar-refractivity contribution in [3.8, 4) is 11.6 Å². The Hall–Kier alpha value is -3.80. The Balaban J connectivity index is 1.11. The van der Waals surface area contributed by atoms with Gasteiger partial charge in [-0.2, -0.15) is 19.5 Å². The number of hydrogen-bond donors (Lipinski definition) is 1. The van der Waals surface area contributed by atoms with Crippen molar-refractivity contribution in [2.75, 3.05) is 61.3 Å². The number of aromatic nitrogens is 5. The van der Waals surface area contributed by atoms with Crippen molar-refractivity contribution in [2.24, 2.45) is 5.92 Å². The number of anilines is 3. The number of furan rings is 1. The van der Waals surface area contributed by atoms with Crippen LogP contribution in [-0.4, -0.2) is 75.3 Å². The van der Waals surface area contributed by atoms with Crippen molar-refractivity contribution in [3.63, 3.8) is 0 Å². The van der Waals surface area contributed by atoms with Crippen molar-refractivity contribution in [1.29, 1.82) is 0 Å². The van der Waals surface area contributed by atoms with E-state index in [1.54, 1.807) is 23.3 Å². The molecule has 2 fully saturated rings. The Bertz CT molecular complexity index is 1330. The molecule has 0 spiro atoms. The van der Waals surface area contributed by atoms with Gasteiger partial charge in [-0.1, -0.05) is 6.07 Å². The predicted octanol–water partition coefficient (Wildman–Crippen LogP) is 2.68. The predicted molar refractivity (Wildman–Crippen MR) is 131 cm³/mol. The number of hydrogen-bond acceptors (Lipinski definition) is 9. The minimum Gasteiger partial charge on any atom is -0.461 e. The summed E-state index contributed by atoms with van der Waals surface area (Å²) in [6, 6.07) is 7.57. The maximum atomic E-state index is 14.2. The molecule has 2 N–H and O–H groups in total. The molecule has 2 saturated heterocycles. The number of nitrogen functional groups attached to an aromatic ring is 1. The molecule has 1 unspecified atom stereocenters. The van der Waals surface area contributed by atoms with E-state index in [-0.39, 0.29) is 11.6 Å². The molecule has 0 amide bonds. The second kappa shape index (κ2) is 9.34. The van der Waals surface area contributed by atoms with E-state index >= 15 is 0 Å². The van der Waals surface area contributed by atoms with Gasteiger partial charge in [0.15, 0.2) is 5.76 Å². The van der Waals surface area contributed by atoms with Crippen LogP contribution in [-0.2, 0) is 0 Å². The molecule has 2 aliphatic rings. The Kier molecular flexibility index (Phi) is 5.88. The summed E-state index contributed by atoms with van der Waals surface area (Å²) in [5.41, 5.74) is 6.26. The molecule has 5 heterocycles. The third-order valence-corrected chi connectivity index (χ3v) is 6.91. The molecule has 188 valence electrons. The molecule has 1 atom stereocenters. The largest absolute Gasteiger partial charge is 0.461 e. The van der Waals surface area contributed by atoms with E-state index in [0.29, 0.717) is 42.3 Å². The molecule has 3 aromatic heterocycles. The first kappa shape index (κ1) is 22.7. The van der Waals surface area contributed by atoms with Gasteiger partial charge in [-0.05, 0) is 43.0 Å². The van der Waals surface area contributed by atoms with Crippen LogP contribution in [0.5, 0.6) is 0 Å². The highest BCUT2D eigenvalue weighted by atomic mass is 19.1. The molecule has 36 heavy (non-hydrogen) atoms. The smallest absolute Gasteiger partial charge is 0.259 e. The number of para-hydroxylation sites is 1. The zero-order valence-electron chi connectivity index (χ0n) is 19.7. The Morgan fingerprint density at radius 3 is 2.50 bits per heavy atom. The van der Waals surface area contributed by atoms with Crippen molar-refractivity contribution < 1.29 is 13.2 Å². The van der Waals surface area contributed by atoms with Crippen molar-refractivity contribution in [3.05, 3.63) is 48.2 Å². The highest BCUT2D eigenvalue weighted by Crippen LogP contribution is 2.26. The van der Waals surface area contributed by atoms with E-state index in [0.717, 1.165) is 45.6 Å². The zero-order chi connectivity index (χ0) is 24.6. The molecule has 4 aromatic rings. The molecular weight excluding hydrogens is 468 g/mol. The topological polar surface area (TPSA) is 105 Å². The van der Waals surface area contributed by atoms with Crippen LogP contribution in [0.2, 0.25) is 0 Å². The number of benzene rings is 1. The first-order chi connectivity index (χ1) is 17.5. The summed E-state index contributed by atoms with van der Waals surface area (Å²) in [7, 11) is 0. The van der Waals surface area contributed by atoms with E-state index in [1.165, 1.54) is 22.7 Å². The molecule has 2 aliphatic heterocycles. The maximum Gasteiger partial charge on any atom is 0.259 e. The minimum absolute atomic E-state index is 0.0785. The fraction of sp³-hybridized carbons (Fsp3) is 0.417. The lowest BCUT2D eigenvalue weighted by atomic mass is 9.97. The summed E-state index contributed by atoms with van der Waals surface area (Å²) in [6.45, 7) is 5.26. The van der Waals surface area contributed by atoms with Crippen LogP contribution in [0.15, 0.2) is 41.0 Å². The van der Waals surface area contributed by atoms with Crippen LogP contribution in [0.4, 0.5) is 26.4 Å². The van der Waals surface area contributed by atoms with Gasteiger partial charge < -0.3 is 20.0 Å². The number of nitrogens with two attached hydrogens (primary N) is 1. The molecule has 0 radical (unpaired) electrons. The highest BCUT2D eigenvalue weighted by Gasteiger charge is 2.28. The molecular formula is C24H27F2N9O. The molecule has 6 rings (SSSR count). The first-order valence-corrected chi connectivity index (χ1v) is 12.2. The number of fused-ring (bicyclic) bond motifs is 1. The van der Waals surface area contributed by atoms with Crippen LogP contribution < -0.4 is 15.5 Å². The number of piperazine rings is 1. The summed E-state index contributed by atoms with van der Waals surface area (Å²) in [5.74, 6) is 1.50. The van der Waals surface area contributed by atoms with Crippen LogP contribution in [0.25, 0.3) is 17.4 Å². The van der Waals surface area contributed by atoms with Gasteiger partial charge in [-0.25, -0.2) is 8.78 Å². The van der Waals surface area contributed by atoms with Crippen LogP contribution in [0.3, 0.4) is 0 Å². The average Bonchev–Trinajstić information content (AvgIpc) is 3.56. The summed E-state index contributed by atoms with van der Waals surface area (Å²) in [6.07, 6.45) is 3.68. The molecule has 1 aromatic carbocycles. The standard InChI is InChI=1S/C24H27F2N9O/c25-17-5-1-6-18(26)20(17)33-11-9-32(10-12-33)14-16-4-2-8-34(15-16)23-29-22(27)35-24(30-23)28-21(31-35)19-7-3-13-36-19/h1,3,5-7,13,16H,2,4,8-12,14-15H2,(H2,27,28,29,30,31). The third kappa shape index (κ3) is 4.32. The van der Waals surface area contributed by atoms with E-state index in [9.17, 15) is 8.78 Å². The van der Waals surface area contributed by atoms with E-state index in [4.69, 9.17) is 10.2 Å². The van der Waals surface area contributed by atoms with Crippen molar-refractivity contribution in [1.82, 2.24) is 29.5 Å². The van der Waals surface area contributed by atoms with Gasteiger partial charge in [0.2, 0.25) is 17.7 Å². The molecule has 10 nitrogen and oxygen atoms in total. The first-order valence-electron chi connectivity index (χ1n) is 12.2.